The fraction of sp³-hybridized carbons (Fsp3) is 0.550. The van der Waals surface area contributed by atoms with Crippen molar-refractivity contribution in [2.45, 2.75) is 45.6 Å². The highest BCUT2D eigenvalue weighted by Gasteiger charge is 2.31. The lowest BCUT2D eigenvalue weighted by Crippen LogP contribution is -2.44. The molecule has 2 aliphatic heterocycles. The second-order valence-corrected chi connectivity index (χ2v) is 8.36. The van der Waals surface area contributed by atoms with Gasteiger partial charge in [0.25, 0.3) is 0 Å². The van der Waals surface area contributed by atoms with E-state index in [1.54, 1.807) is 0 Å². The molecule has 1 saturated heterocycles. The molecule has 26 heavy (non-hydrogen) atoms. The van der Waals surface area contributed by atoms with E-state index in [2.05, 4.69) is 57.3 Å². The van der Waals surface area contributed by atoms with E-state index in [9.17, 15) is 4.79 Å². The van der Waals surface area contributed by atoms with E-state index in [4.69, 9.17) is 0 Å². The Kier molecular flexibility index (Phi) is 4.94. The topological polar surface area (TPSA) is 49.3 Å². The maximum atomic E-state index is 13.0. The van der Waals surface area contributed by atoms with Crippen LogP contribution in [0.3, 0.4) is 0 Å². The van der Waals surface area contributed by atoms with Crippen LogP contribution in [0.15, 0.2) is 24.3 Å². The maximum absolute atomic E-state index is 13.0. The summed E-state index contributed by atoms with van der Waals surface area (Å²) < 4.78 is 4.45. The molecular formula is C20H26N4OS. The lowest BCUT2D eigenvalue weighted by molar-refractivity contribution is -0.137. The fourth-order valence-electron chi connectivity index (χ4n) is 3.85. The van der Waals surface area contributed by atoms with Crippen LogP contribution in [-0.4, -0.2) is 39.8 Å². The summed E-state index contributed by atoms with van der Waals surface area (Å²) in [6, 6.07) is 8.49. The Bertz CT molecular complexity index is 780. The predicted molar refractivity (Wildman–Crippen MR) is 104 cm³/mol. The maximum Gasteiger partial charge on any atom is 0.226 e. The van der Waals surface area contributed by atoms with Crippen molar-refractivity contribution in [3.8, 4) is 0 Å². The minimum absolute atomic E-state index is 0.147. The first-order chi connectivity index (χ1) is 12.6. The number of anilines is 1. The highest BCUT2D eigenvalue weighted by Crippen LogP contribution is 2.28. The molecule has 6 heteroatoms. The third-order valence-electron chi connectivity index (χ3n) is 5.50. The second-order valence-electron chi connectivity index (χ2n) is 7.63. The quantitative estimate of drug-likeness (QED) is 0.830. The second kappa shape index (κ2) is 7.35. The Balaban J connectivity index is 1.35. The van der Waals surface area contributed by atoms with Crippen LogP contribution in [0.2, 0.25) is 0 Å². The summed E-state index contributed by atoms with van der Waals surface area (Å²) >= 11 is 1.48. The zero-order valence-electron chi connectivity index (χ0n) is 15.5. The van der Waals surface area contributed by atoms with Crippen LogP contribution < -0.4 is 4.90 Å². The van der Waals surface area contributed by atoms with Crippen molar-refractivity contribution in [1.29, 1.82) is 0 Å². The van der Waals surface area contributed by atoms with E-state index in [-0.39, 0.29) is 5.92 Å². The molecule has 5 nitrogen and oxygen atoms in total. The van der Waals surface area contributed by atoms with Gasteiger partial charge in [-0.3, -0.25) is 4.79 Å². The molecule has 0 N–H and O–H groups in total. The number of carbonyl (C=O) groups excluding carboxylic acids is 1. The average molecular weight is 371 g/mol. The molecule has 2 aromatic rings. The molecule has 1 amide bonds. The summed E-state index contributed by atoms with van der Waals surface area (Å²) in [4.78, 5) is 22.0. The molecule has 1 aromatic carbocycles. The largest absolute Gasteiger partial charge is 0.347 e. The Morgan fingerprint density at radius 2 is 1.88 bits per heavy atom. The molecule has 1 fully saturated rings. The molecule has 0 saturated carbocycles. The number of hydrogen-bond donors (Lipinski definition) is 0. The summed E-state index contributed by atoms with van der Waals surface area (Å²) in [5.74, 6) is 1.77. The highest BCUT2D eigenvalue weighted by atomic mass is 32.1. The number of carbonyl (C=O) groups is 1. The van der Waals surface area contributed by atoms with E-state index < -0.39 is 0 Å². The van der Waals surface area contributed by atoms with Crippen LogP contribution in [0, 0.1) is 5.92 Å². The van der Waals surface area contributed by atoms with Crippen LogP contribution >= 0.6 is 11.5 Å². The van der Waals surface area contributed by atoms with Gasteiger partial charge in [0.15, 0.2) is 0 Å². The van der Waals surface area contributed by atoms with Crippen molar-refractivity contribution >= 4 is 22.6 Å². The summed E-state index contributed by atoms with van der Waals surface area (Å²) in [6.07, 6.45) is 2.80. The Hall–Kier alpha value is -1.95. The number of aromatic nitrogens is 2. The van der Waals surface area contributed by atoms with Crippen molar-refractivity contribution in [2.24, 2.45) is 5.92 Å². The number of hydrogen-bond acceptors (Lipinski definition) is 5. The van der Waals surface area contributed by atoms with Gasteiger partial charge in [0, 0.05) is 49.5 Å². The normalized spacial score (nSPS) is 18.3. The van der Waals surface area contributed by atoms with Gasteiger partial charge in [-0.1, -0.05) is 38.1 Å². The number of piperidine rings is 1. The molecule has 4 rings (SSSR count). The Morgan fingerprint density at radius 3 is 2.58 bits per heavy atom. The van der Waals surface area contributed by atoms with Crippen molar-refractivity contribution < 1.29 is 4.79 Å². The third-order valence-corrected chi connectivity index (χ3v) is 6.30. The fourth-order valence-corrected chi connectivity index (χ4v) is 4.71. The van der Waals surface area contributed by atoms with Gasteiger partial charge in [-0.25, -0.2) is 4.98 Å². The van der Waals surface area contributed by atoms with Crippen molar-refractivity contribution in [3.63, 3.8) is 0 Å². The van der Waals surface area contributed by atoms with Gasteiger partial charge >= 0.3 is 0 Å². The van der Waals surface area contributed by atoms with Crippen LogP contribution in [0.5, 0.6) is 0 Å². The summed E-state index contributed by atoms with van der Waals surface area (Å²) in [5.41, 5.74) is 2.70. The van der Waals surface area contributed by atoms with Crippen LogP contribution in [0.25, 0.3) is 0 Å². The monoisotopic (exact) mass is 370 g/mol. The number of amides is 1. The zero-order chi connectivity index (χ0) is 18.1. The molecule has 0 bridgehead atoms. The zero-order valence-corrected chi connectivity index (χ0v) is 16.3. The van der Waals surface area contributed by atoms with Crippen LogP contribution in [-0.2, 0) is 17.8 Å². The minimum Gasteiger partial charge on any atom is -0.347 e. The van der Waals surface area contributed by atoms with Gasteiger partial charge < -0.3 is 9.80 Å². The van der Waals surface area contributed by atoms with E-state index in [1.165, 1.54) is 22.7 Å². The number of fused-ring (bicyclic) bond motifs is 1. The summed E-state index contributed by atoms with van der Waals surface area (Å²) in [6.45, 7) is 7.65. The first-order valence-electron chi connectivity index (χ1n) is 9.56. The predicted octanol–water partition coefficient (Wildman–Crippen LogP) is 3.46. The molecule has 2 aliphatic rings. The van der Waals surface area contributed by atoms with Gasteiger partial charge in [0.2, 0.25) is 11.0 Å². The number of benzene rings is 1. The minimum atomic E-state index is 0.147. The average Bonchev–Trinajstić information content (AvgIpc) is 3.18. The third kappa shape index (κ3) is 3.47. The Labute approximate surface area is 159 Å². The standard InChI is InChI=1S/C20H26N4OS/c1-14(2)18-21-20(26-22-18)23-10-8-16(9-11-23)19(25)24-12-7-15-5-3-4-6-17(15)13-24/h3-6,14,16H,7-13H2,1-2H3. The van der Waals surface area contributed by atoms with Crippen molar-refractivity contribution in [2.75, 3.05) is 24.5 Å². The first-order valence-corrected chi connectivity index (χ1v) is 10.3. The van der Waals surface area contributed by atoms with Gasteiger partial charge in [-0.05, 0) is 30.4 Å². The molecule has 138 valence electrons. The molecule has 0 unspecified atom stereocenters. The molecule has 1 aromatic heterocycles. The Morgan fingerprint density at radius 1 is 1.15 bits per heavy atom. The van der Waals surface area contributed by atoms with E-state index in [0.29, 0.717) is 11.8 Å². The van der Waals surface area contributed by atoms with Crippen LogP contribution in [0.4, 0.5) is 5.13 Å². The molecule has 0 atom stereocenters. The van der Waals surface area contributed by atoms with Crippen molar-refractivity contribution in [3.05, 3.63) is 41.2 Å². The molecular weight excluding hydrogens is 344 g/mol. The lowest BCUT2D eigenvalue weighted by Gasteiger charge is -2.36. The lowest BCUT2D eigenvalue weighted by atomic mass is 9.93. The highest BCUT2D eigenvalue weighted by molar-refractivity contribution is 7.09. The summed E-state index contributed by atoms with van der Waals surface area (Å²) in [5, 5.41) is 1.01. The number of rotatable bonds is 3. The number of nitrogens with zero attached hydrogens (tertiary/aromatic N) is 4. The molecule has 3 heterocycles. The SMILES string of the molecule is CC(C)c1nsc(N2CCC(C(=O)N3CCc4ccccc4C3)CC2)n1. The smallest absolute Gasteiger partial charge is 0.226 e. The summed E-state index contributed by atoms with van der Waals surface area (Å²) in [7, 11) is 0. The molecule has 0 aliphatic carbocycles. The van der Waals surface area contributed by atoms with Gasteiger partial charge in [-0.2, -0.15) is 4.37 Å². The van der Waals surface area contributed by atoms with Gasteiger partial charge in [-0.15, -0.1) is 0 Å². The van der Waals surface area contributed by atoms with Crippen LogP contribution in [0.1, 0.15) is 49.6 Å². The van der Waals surface area contributed by atoms with E-state index in [1.807, 2.05) is 0 Å². The molecule has 0 radical (unpaired) electrons. The van der Waals surface area contributed by atoms with E-state index >= 15 is 0 Å². The van der Waals surface area contributed by atoms with E-state index in [0.717, 1.165) is 56.4 Å². The van der Waals surface area contributed by atoms with Crippen molar-refractivity contribution in [1.82, 2.24) is 14.3 Å². The van der Waals surface area contributed by atoms with Gasteiger partial charge in [0.1, 0.15) is 5.82 Å². The molecule has 0 spiro atoms. The first kappa shape index (κ1) is 17.5. The van der Waals surface area contributed by atoms with Gasteiger partial charge in [0.05, 0.1) is 0 Å².